The summed E-state index contributed by atoms with van der Waals surface area (Å²) < 4.78 is 13.6. The molecular weight excluding hydrogens is 251 g/mol. The normalized spacial score (nSPS) is 17.7. The highest BCUT2D eigenvalue weighted by molar-refractivity contribution is 8.06. The third kappa shape index (κ3) is 4.02. The van der Waals surface area contributed by atoms with Crippen LogP contribution in [0.2, 0.25) is 0 Å². The van der Waals surface area contributed by atoms with Crippen LogP contribution in [0.1, 0.15) is 42.1 Å². The van der Waals surface area contributed by atoms with E-state index in [0.29, 0.717) is 18.1 Å². The number of rotatable bonds is 7. The van der Waals surface area contributed by atoms with Gasteiger partial charge in [0, 0.05) is 17.4 Å². The molecular formula is C14H17FO2S. The molecule has 1 fully saturated rings. The van der Waals surface area contributed by atoms with Crippen LogP contribution < -0.4 is 0 Å². The maximum absolute atomic E-state index is 13.6. The molecule has 0 aliphatic carbocycles. The van der Waals surface area contributed by atoms with Crippen LogP contribution in [0, 0.1) is 5.82 Å². The lowest BCUT2D eigenvalue weighted by Gasteiger charge is -2.05. The van der Waals surface area contributed by atoms with E-state index in [1.54, 1.807) is 6.07 Å². The summed E-state index contributed by atoms with van der Waals surface area (Å²) in [7, 11) is 0. The van der Waals surface area contributed by atoms with Gasteiger partial charge in [0.05, 0.1) is 0 Å². The van der Waals surface area contributed by atoms with Crippen molar-refractivity contribution in [1.29, 1.82) is 0 Å². The second-order valence-electron chi connectivity index (χ2n) is 4.63. The van der Waals surface area contributed by atoms with Crippen molar-refractivity contribution >= 4 is 17.7 Å². The van der Waals surface area contributed by atoms with E-state index >= 15 is 0 Å². The molecule has 18 heavy (non-hydrogen) atoms. The van der Waals surface area contributed by atoms with Crippen LogP contribution >= 0.6 is 11.8 Å². The summed E-state index contributed by atoms with van der Waals surface area (Å²) >= 11 is 1.88. The van der Waals surface area contributed by atoms with Gasteiger partial charge in [-0.3, -0.25) is 4.79 Å². The fourth-order valence-electron chi connectivity index (χ4n) is 2.00. The van der Waals surface area contributed by atoms with E-state index in [4.69, 9.17) is 5.11 Å². The molecule has 98 valence electrons. The number of benzene rings is 1. The Hall–Kier alpha value is -1.03. The van der Waals surface area contributed by atoms with Crippen molar-refractivity contribution in [2.45, 2.75) is 37.4 Å². The molecule has 1 aliphatic rings. The van der Waals surface area contributed by atoms with Gasteiger partial charge in [-0.2, -0.15) is 11.8 Å². The Bertz CT molecular complexity index is 430. The molecule has 0 saturated carbocycles. The average molecular weight is 268 g/mol. The molecule has 0 radical (unpaired) electrons. The topological polar surface area (TPSA) is 37.3 Å². The van der Waals surface area contributed by atoms with Crippen molar-refractivity contribution < 1.29 is 14.3 Å². The van der Waals surface area contributed by atoms with E-state index in [0.717, 1.165) is 24.2 Å². The quantitative estimate of drug-likeness (QED) is 0.603. The summed E-state index contributed by atoms with van der Waals surface area (Å²) in [6.07, 6.45) is 3.28. The molecule has 1 heterocycles. The minimum absolute atomic E-state index is 0.136. The van der Waals surface area contributed by atoms with Crippen molar-refractivity contribution in [3.05, 3.63) is 35.1 Å². The van der Waals surface area contributed by atoms with Gasteiger partial charge in [0.15, 0.2) is 0 Å². The van der Waals surface area contributed by atoms with Gasteiger partial charge in [0.2, 0.25) is 0 Å². The highest BCUT2D eigenvalue weighted by Crippen LogP contribution is 2.46. The molecule has 1 N–H and O–H groups in total. The van der Waals surface area contributed by atoms with Gasteiger partial charge in [0.25, 0.3) is 0 Å². The molecule has 1 aromatic rings. The first-order valence-electron chi connectivity index (χ1n) is 6.28. The third-order valence-corrected chi connectivity index (χ3v) is 4.05. The van der Waals surface area contributed by atoms with Crippen LogP contribution in [0.5, 0.6) is 0 Å². The monoisotopic (exact) mass is 268 g/mol. The minimum Gasteiger partial charge on any atom is -0.481 e. The maximum atomic E-state index is 13.6. The van der Waals surface area contributed by atoms with Gasteiger partial charge in [-0.25, -0.2) is 4.39 Å². The van der Waals surface area contributed by atoms with Gasteiger partial charge in [-0.15, -0.1) is 0 Å². The number of aryl methyl sites for hydroxylation is 1. The molecule has 1 aromatic carbocycles. The standard InChI is InChI=1S/C14H17FO2S/c15-12-7-6-11(13-9-18-13)8-10(12)4-2-1-3-5-14(16)17/h6-8,13H,1-5,9H2,(H,16,17). The van der Waals surface area contributed by atoms with Gasteiger partial charge in [0.1, 0.15) is 5.82 Å². The molecule has 1 unspecified atom stereocenters. The number of carboxylic acids is 1. The summed E-state index contributed by atoms with van der Waals surface area (Å²) in [5.74, 6) is 0.250. The van der Waals surface area contributed by atoms with Crippen molar-refractivity contribution in [3.8, 4) is 0 Å². The number of halogens is 1. The Morgan fingerprint density at radius 2 is 2.17 bits per heavy atom. The smallest absolute Gasteiger partial charge is 0.303 e. The molecule has 2 nitrogen and oxygen atoms in total. The zero-order chi connectivity index (χ0) is 13.0. The van der Waals surface area contributed by atoms with Crippen molar-refractivity contribution in [1.82, 2.24) is 0 Å². The Labute approximate surface area is 111 Å². The average Bonchev–Trinajstić information content (AvgIpc) is 3.14. The van der Waals surface area contributed by atoms with E-state index in [1.165, 1.54) is 5.56 Å². The summed E-state index contributed by atoms with van der Waals surface area (Å²) in [6.45, 7) is 0. The van der Waals surface area contributed by atoms with Gasteiger partial charge in [-0.05, 0) is 36.5 Å². The predicted molar refractivity (Wildman–Crippen MR) is 71.4 cm³/mol. The summed E-state index contributed by atoms with van der Waals surface area (Å²) in [4.78, 5) is 10.4. The number of carbonyl (C=O) groups is 1. The first-order chi connectivity index (χ1) is 8.66. The molecule has 1 aliphatic heterocycles. The second-order valence-corrected chi connectivity index (χ2v) is 5.86. The number of hydrogen-bond acceptors (Lipinski definition) is 2. The highest BCUT2D eigenvalue weighted by atomic mass is 32.2. The van der Waals surface area contributed by atoms with Crippen LogP contribution in [-0.4, -0.2) is 16.8 Å². The lowest BCUT2D eigenvalue weighted by Crippen LogP contribution is -1.96. The molecule has 0 bridgehead atoms. The molecule has 0 amide bonds. The number of aliphatic carboxylic acids is 1. The zero-order valence-electron chi connectivity index (χ0n) is 10.2. The lowest BCUT2D eigenvalue weighted by atomic mass is 10.0. The number of hydrogen-bond donors (Lipinski definition) is 1. The SMILES string of the molecule is O=C(O)CCCCCc1cc(C2CS2)ccc1F. The number of carboxylic acid groups (broad SMARTS) is 1. The van der Waals surface area contributed by atoms with Gasteiger partial charge >= 0.3 is 5.97 Å². The first kappa shape index (κ1) is 13.4. The van der Waals surface area contributed by atoms with Gasteiger partial charge in [-0.1, -0.05) is 18.6 Å². The van der Waals surface area contributed by atoms with E-state index < -0.39 is 5.97 Å². The fraction of sp³-hybridized carbons (Fsp3) is 0.500. The van der Waals surface area contributed by atoms with Crippen molar-refractivity contribution in [3.63, 3.8) is 0 Å². The Morgan fingerprint density at radius 3 is 2.83 bits per heavy atom. The van der Waals surface area contributed by atoms with E-state index in [2.05, 4.69) is 0 Å². The molecule has 1 saturated heterocycles. The fourth-order valence-corrected chi connectivity index (χ4v) is 2.62. The van der Waals surface area contributed by atoms with Crippen LogP contribution in [0.4, 0.5) is 4.39 Å². The number of unbranched alkanes of at least 4 members (excludes halogenated alkanes) is 2. The van der Waals surface area contributed by atoms with Crippen LogP contribution in [0.15, 0.2) is 18.2 Å². The van der Waals surface area contributed by atoms with Crippen LogP contribution in [0.3, 0.4) is 0 Å². The first-order valence-corrected chi connectivity index (χ1v) is 7.33. The van der Waals surface area contributed by atoms with Crippen molar-refractivity contribution in [2.75, 3.05) is 5.75 Å². The zero-order valence-corrected chi connectivity index (χ0v) is 11.0. The highest BCUT2D eigenvalue weighted by Gasteiger charge is 2.24. The predicted octanol–water partition coefficient (Wildman–Crippen LogP) is 3.80. The minimum atomic E-state index is -0.756. The van der Waals surface area contributed by atoms with Crippen LogP contribution in [-0.2, 0) is 11.2 Å². The Balaban J connectivity index is 1.80. The lowest BCUT2D eigenvalue weighted by molar-refractivity contribution is -0.137. The summed E-state index contributed by atoms with van der Waals surface area (Å²) in [5, 5.41) is 9.08. The summed E-state index contributed by atoms with van der Waals surface area (Å²) in [6, 6.07) is 5.39. The number of thioether (sulfide) groups is 1. The van der Waals surface area contributed by atoms with E-state index in [9.17, 15) is 9.18 Å². The molecule has 4 heteroatoms. The molecule has 1 atom stereocenters. The Morgan fingerprint density at radius 1 is 1.39 bits per heavy atom. The maximum Gasteiger partial charge on any atom is 0.303 e. The van der Waals surface area contributed by atoms with Gasteiger partial charge < -0.3 is 5.11 Å². The second kappa shape index (κ2) is 6.23. The molecule has 2 rings (SSSR count). The Kier molecular flexibility index (Phi) is 4.64. The van der Waals surface area contributed by atoms with Crippen LogP contribution in [0.25, 0.3) is 0 Å². The molecule has 0 spiro atoms. The largest absolute Gasteiger partial charge is 0.481 e. The van der Waals surface area contributed by atoms with E-state index in [-0.39, 0.29) is 12.2 Å². The van der Waals surface area contributed by atoms with Crippen molar-refractivity contribution in [2.24, 2.45) is 0 Å². The van der Waals surface area contributed by atoms with E-state index in [1.807, 2.05) is 23.9 Å². The summed E-state index contributed by atoms with van der Waals surface area (Å²) in [5.41, 5.74) is 2.00. The molecule has 0 aromatic heterocycles. The third-order valence-electron chi connectivity index (χ3n) is 3.11.